The van der Waals surface area contributed by atoms with E-state index in [1.807, 2.05) is 6.92 Å². The number of hydrogen-bond donors (Lipinski definition) is 2. The summed E-state index contributed by atoms with van der Waals surface area (Å²) < 4.78 is 38.7. The molecule has 0 radical (unpaired) electrons. The van der Waals surface area contributed by atoms with Gasteiger partial charge in [-0.2, -0.15) is 4.31 Å². The number of sulfonamides is 1. The third-order valence-electron chi connectivity index (χ3n) is 5.47. The highest BCUT2D eigenvalue weighted by molar-refractivity contribution is 7.89. The second-order valence-corrected chi connectivity index (χ2v) is 10.1. The van der Waals surface area contributed by atoms with Crippen molar-refractivity contribution in [3.8, 4) is 11.5 Å². The molecular weight excluding hydrogens is 470 g/mol. The SMILES string of the molecule is CCOc1ccc(NC(=O)C2CCCN(S(=O)(=O)c3cc4c(cc3Cl)NC(=O)CO4)C2)cc1. The van der Waals surface area contributed by atoms with Gasteiger partial charge in [-0.1, -0.05) is 11.6 Å². The fourth-order valence-corrected chi connectivity index (χ4v) is 5.88. The molecule has 1 fully saturated rings. The zero-order valence-electron chi connectivity index (χ0n) is 18.0. The van der Waals surface area contributed by atoms with Crippen molar-refractivity contribution in [3.63, 3.8) is 0 Å². The number of nitrogens with one attached hydrogen (secondary N) is 2. The molecule has 2 amide bonds. The Morgan fingerprint density at radius 2 is 2.06 bits per heavy atom. The van der Waals surface area contributed by atoms with Crippen molar-refractivity contribution in [1.29, 1.82) is 0 Å². The Balaban J connectivity index is 1.48. The van der Waals surface area contributed by atoms with E-state index in [-0.39, 0.29) is 47.2 Å². The normalized spacial score (nSPS) is 18.6. The standard InChI is InChI=1S/C22H24ClN3O6S/c1-2-31-16-7-5-15(6-8-16)24-22(28)14-4-3-9-26(12-14)33(29,30)20-11-19-18(10-17(20)23)25-21(27)13-32-19/h5-8,10-11,14H,2-4,9,12-13H2,1H3,(H,24,28)(H,25,27). The van der Waals surface area contributed by atoms with Crippen LogP contribution in [-0.2, 0) is 19.6 Å². The van der Waals surface area contributed by atoms with E-state index in [0.29, 0.717) is 36.6 Å². The van der Waals surface area contributed by atoms with E-state index in [1.165, 1.54) is 16.4 Å². The maximum absolute atomic E-state index is 13.3. The van der Waals surface area contributed by atoms with Gasteiger partial charge >= 0.3 is 0 Å². The molecule has 0 aromatic heterocycles. The fourth-order valence-electron chi connectivity index (χ4n) is 3.84. The number of hydrogen-bond acceptors (Lipinski definition) is 6. The van der Waals surface area contributed by atoms with Gasteiger partial charge in [-0.15, -0.1) is 0 Å². The number of carbonyl (C=O) groups is 2. The lowest BCUT2D eigenvalue weighted by atomic mass is 9.99. The molecule has 1 saturated heterocycles. The summed E-state index contributed by atoms with van der Waals surface area (Å²) in [6, 6.07) is 9.69. The summed E-state index contributed by atoms with van der Waals surface area (Å²) in [5.74, 6) is -0.157. The number of ether oxygens (including phenoxy) is 2. The number of carbonyl (C=O) groups excluding carboxylic acids is 2. The molecule has 2 aliphatic heterocycles. The first kappa shape index (κ1) is 23.3. The van der Waals surface area contributed by atoms with Crippen LogP contribution < -0.4 is 20.1 Å². The first-order valence-corrected chi connectivity index (χ1v) is 12.4. The number of fused-ring (bicyclic) bond motifs is 1. The van der Waals surface area contributed by atoms with Crippen LogP contribution >= 0.6 is 11.6 Å². The van der Waals surface area contributed by atoms with E-state index < -0.39 is 15.9 Å². The summed E-state index contributed by atoms with van der Waals surface area (Å²) >= 11 is 6.25. The van der Waals surface area contributed by atoms with Crippen LogP contribution in [0.25, 0.3) is 0 Å². The molecule has 176 valence electrons. The molecule has 0 bridgehead atoms. The molecular formula is C22H24ClN3O6S. The molecule has 2 heterocycles. The van der Waals surface area contributed by atoms with Crippen LogP contribution in [0.15, 0.2) is 41.3 Å². The van der Waals surface area contributed by atoms with Gasteiger partial charge in [0.25, 0.3) is 5.91 Å². The lowest BCUT2D eigenvalue weighted by Gasteiger charge is -2.31. The van der Waals surface area contributed by atoms with Gasteiger partial charge in [0.05, 0.1) is 23.2 Å². The van der Waals surface area contributed by atoms with Gasteiger partial charge in [-0.3, -0.25) is 9.59 Å². The van der Waals surface area contributed by atoms with Crippen LogP contribution in [0.1, 0.15) is 19.8 Å². The van der Waals surface area contributed by atoms with Crippen LogP contribution in [0.2, 0.25) is 5.02 Å². The largest absolute Gasteiger partial charge is 0.494 e. The Kier molecular flexibility index (Phi) is 6.78. The molecule has 2 aromatic rings. The maximum atomic E-state index is 13.3. The predicted molar refractivity (Wildman–Crippen MR) is 123 cm³/mol. The minimum absolute atomic E-state index is 0.0273. The zero-order chi connectivity index (χ0) is 23.6. The lowest BCUT2D eigenvalue weighted by Crippen LogP contribution is -2.43. The van der Waals surface area contributed by atoms with Gasteiger partial charge in [0.15, 0.2) is 6.61 Å². The smallest absolute Gasteiger partial charge is 0.262 e. The van der Waals surface area contributed by atoms with E-state index in [4.69, 9.17) is 21.1 Å². The van der Waals surface area contributed by atoms with Crippen molar-refractivity contribution in [2.45, 2.75) is 24.7 Å². The number of rotatable bonds is 6. The van der Waals surface area contributed by atoms with Gasteiger partial charge in [0.1, 0.15) is 16.4 Å². The molecule has 0 spiro atoms. The molecule has 0 aliphatic carbocycles. The number of halogens is 1. The molecule has 2 N–H and O–H groups in total. The third-order valence-corrected chi connectivity index (χ3v) is 7.80. The molecule has 1 atom stereocenters. The molecule has 9 nitrogen and oxygen atoms in total. The van der Waals surface area contributed by atoms with E-state index >= 15 is 0 Å². The van der Waals surface area contributed by atoms with Gasteiger partial charge in [-0.25, -0.2) is 8.42 Å². The Morgan fingerprint density at radius 1 is 1.30 bits per heavy atom. The Labute approximate surface area is 197 Å². The monoisotopic (exact) mass is 493 g/mol. The summed E-state index contributed by atoms with van der Waals surface area (Å²) in [4.78, 5) is 24.2. The summed E-state index contributed by atoms with van der Waals surface area (Å²) in [7, 11) is -3.98. The van der Waals surface area contributed by atoms with Crippen molar-refractivity contribution >= 4 is 44.8 Å². The highest BCUT2D eigenvalue weighted by Crippen LogP contribution is 2.37. The Bertz CT molecular complexity index is 1170. The van der Waals surface area contributed by atoms with E-state index in [0.717, 1.165) is 0 Å². The van der Waals surface area contributed by atoms with Crippen LogP contribution in [0.4, 0.5) is 11.4 Å². The number of benzene rings is 2. The average molecular weight is 494 g/mol. The van der Waals surface area contributed by atoms with Crippen LogP contribution in [0.3, 0.4) is 0 Å². The Hall–Kier alpha value is -2.82. The topological polar surface area (TPSA) is 114 Å². The fraction of sp³-hybridized carbons (Fsp3) is 0.364. The minimum Gasteiger partial charge on any atom is -0.494 e. The summed E-state index contributed by atoms with van der Waals surface area (Å²) in [6.07, 6.45) is 1.11. The minimum atomic E-state index is -3.98. The quantitative estimate of drug-likeness (QED) is 0.639. The van der Waals surface area contributed by atoms with E-state index in [1.54, 1.807) is 24.3 Å². The van der Waals surface area contributed by atoms with Crippen molar-refractivity contribution in [2.24, 2.45) is 5.92 Å². The van der Waals surface area contributed by atoms with Crippen molar-refractivity contribution in [1.82, 2.24) is 4.31 Å². The predicted octanol–water partition coefficient (Wildman–Crippen LogP) is 3.11. The van der Waals surface area contributed by atoms with Gasteiger partial charge < -0.3 is 20.1 Å². The molecule has 11 heteroatoms. The van der Waals surface area contributed by atoms with Crippen molar-refractivity contribution < 1.29 is 27.5 Å². The number of nitrogens with zero attached hydrogens (tertiary/aromatic N) is 1. The molecule has 2 aromatic carbocycles. The maximum Gasteiger partial charge on any atom is 0.262 e. The van der Waals surface area contributed by atoms with Crippen molar-refractivity contribution in [2.75, 3.05) is 36.9 Å². The van der Waals surface area contributed by atoms with Crippen LogP contribution in [0, 0.1) is 5.92 Å². The summed E-state index contributed by atoms with van der Waals surface area (Å²) in [6.45, 7) is 2.55. The average Bonchev–Trinajstić information content (AvgIpc) is 2.80. The van der Waals surface area contributed by atoms with Crippen molar-refractivity contribution in [3.05, 3.63) is 41.4 Å². The second-order valence-electron chi connectivity index (χ2n) is 7.76. The Morgan fingerprint density at radius 3 is 2.79 bits per heavy atom. The van der Waals surface area contributed by atoms with Gasteiger partial charge in [-0.05, 0) is 50.1 Å². The highest BCUT2D eigenvalue weighted by Gasteiger charge is 2.35. The lowest BCUT2D eigenvalue weighted by molar-refractivity contribution is -0.121. The molecule has 0 saturated carbocycles. The zero-order valence-corrected chi connectivity index (χ0v) is 19.5. The second kappa shape index (κ2) is 9.58. The van der Waals surface area contributed by atoms with Crippen LogP contribution in [-0.4, -0.2) is 50.8 Å². The number of piperidine rings is 1. The third kappa shape index (κ3) is 5.07. The molecule has 4 rings (SSSR count). The summed E-state index contributed by atoms with van der Waals surface area (Å²) in [5, 5.41) is 5.42. The molecule has 33 heavy (non-hydrogen) atoms. The van der Waals surface area contributed by atoms with Gasteiger partial charge in [0, 0.05) is 24.8 Å². The first-order valence-electron chi connectivity index (χ1n) is 10.6. The summed E-state index contributed by atoms with van der Waals surface area (Å²) in [5.41, 5.74) is 0.932. The molecule has 1 unspecified atom stereocenters. The molecule has 2 aliphatic rings. The highest BCUT2D eigenvalue weighted by atomic mass is 35.5. The number of anilines is 2. The van der Waals surface area contributed by atoms with E-state index in [9.17, 15) is 18.0 Å². The first-order chi connectivity index (χ1) is 15.8. The van der Waals surface area contributed by atoms with Gasteiger partial charge in [0.2, 0.25) is 15.9 Å². The number of amides is 2. The van der Waals surface area contributed by atoms with Crippen LogP contribution in [0.5, 0.6) is 11.5 Å². The van der Waals surface area contributed by atoms with E-state index in [2.05, 4.69) is 10.6 Å².